The third-order valence-corrected chi connectivity index (χ3v) is 7.68. The normalized spacial score (nSPS) is 17.6. The first-order chi connectivity index (χ1) is 14.7. The Hall–Kier alpha value is -2.39. The van der Waals surface area contributed by atoms with E-state index in [4.69, 9.17) is 0 Å². The lowest BCUT2D eigenvalue weighted by Crippen LogP contribution is -2.37. The van der Waals surface area contributed by atoms with Crippen LogP contribution >= 0.6 is 0 Å². The number of anilines is 1. The molecule has 2 aromatic rings. The van der Waals surface area contributed by atoms with Crippen molar-refractivity contribution in [3.8, 4) is 0 Å². The van der Waals surface area contributed by atoms with Gasteiger partial charge in [0.25, 0.3) is 0 Å². The molecule has 0 spiro atoms. The van der Waals surface area contributed by atoms with Gasteiger partial charge < -0.3 is 4.90 Å². The lowest BCUT2D eigenvalue weighted by atomic mass is 10.0. The molecule has 0 unspecified atom stereocenters. The molecule has 2 aliphatic rings. The van der Waals surface area contributed by atoms with Crippen LogP contribution in [0.1, 0.15) is 36.0 Å². The Labute approximate surface area is 179 Å². The molecule has 2 aromatic carbocycles. The highest BCUT2D eigenvalue weighted by Crippen LogP contribution is 2.33. The molecule has 4 rings (SSSR count). The maximum atomic E-state index is 13.0. The molecule has 1 fully saturated rings. The highest BCUT2D eigenvalue weighted by molar-refractivity contribution is 7.89. The minimum absolute atomic E-state index is 0.156. The zero-order valence-corrected chi connectivity index (χ0v) is 17.7. The smallest absolute Gasteiger partial charge is 0.312 e. The maximum absolute atomic E-state index is 13.0. The minimum Gasteiger partial charge on any atom is -0.312 e. The molecule has 0 N–H and O–H groups in total. The Bertz CT molecular complexity index is 1090. The van der Waals surface area contributed by atoms with Crippen molar-refractivity contribution in [2.45, 2.75) is 43.2 Å². The van der Waals surface area contributed by atoms with Crippen molar-refractivity contribution < 1.29 is 26.4 Å². The zero-order valence-electron chi connectivity index (χ0n) is 16.9. The number of hydrogen-bond donors (Lipinski definition) is 0. The molecular formula is C22H23F3N2O3S. The van der Waals surface area contributed by atoms with Gasteiger partial charge in [0.15, 0.2) is 0 Å². The molecule has 2 aliphatic heterocycles. The topological polar surface area (TPSA) is 57.7 Å². The van der Waals surface area contributed by atoms with E-state index in [0.717, 1.165) is 30.5 Å². The van der Waals surface area contributed by atoms with E-state index >= 15 is 0 Å². The van der Waals surface area contributed by atoms with Gasteiger partial charge in [0.1, 0.15) is 0 Å². The van der Waals surface area contributed by atoms with Crippen molar-refractivity contribution in [2.75, 3.05) is 24.5 Å². The molecule has 0 saturated carbocycles. The third-order valence-electron chi connectivity index (χ3n) is 5.78. The molecule has 0 bridgehead atoms. The first-order valence-electron chi connectivity index (χ1n) is 10.3. The predicted octanol–water partition coefficient (Wildman–Crippen LogP) is 4.01. The Balaban J connectivity index is 1.56. The van der Waals surface area contributed by atoms with Gasteiger partial charge in [0.2, 0.25) is 15.9 Å². The number of alkyl halides is 3. The Kier molecular flexibility index (Phi) is 5.83. The predicted molar refractivity (Wildman–Crippen MR) is 110 cm³/mol. The van der Waals surface area contributed by atoms with Crippen molar-refractivity contribution in [2.24, 2.45) is 0 Å². The van der Waals surface area contributed by atoms with Gasteiger partial charge in [-0.25, -0.2) is 8.42 Å². The van der Waals surface area contributed by atoms with E-state index in [1.54, 1.807) is 17.0 Å². The number of fused-ring (bicyclic) bond motifs is 1. The van der Waals surface area contributed by atoms with Crippen LogP contribution in [0.3, 0.4) is 0 Å². The summed E-state index contributed by atoms with van der Waals surface area (Å²) < 4.78 is 66.0. The summed E-state index contributed by atoms with van der Waals surface area (Å²) in [5, 5.41) is 0. The first-order valence-corrected chi connectivity index (χ1v) is 11.7. The highest BCUT2D eigenvalue weighted by atomic mass is 32.2. The highest BCUT2D eigenvalue weighted by Gasteiger charge is 2.32. The molecule has 31 heavy (non-hydrogen) atoms. The number of sulfonamides is 1. The largest absolute Gasteiger partial charge is 0.416 e. The fourth-order valence-electron chi connectivity index (χ4n) is 4.20. The van der Waals surface area contributed by atoms with Gasteiger partial charge in [0, 0.05) is 25.3 Å². The summed E-state index contributed by atoms with van der Waals surface area (Å²) in [7, 11) is -3.55. The van der Waals surface area contributed by atoms with E-state index in [1.165, 1.54) is 22.5 Å². The molecule has 0 radical (unpaired) electrons. The minimum atomic E-state index is -4.46. The van der Waals surface area contributed by atoms with Crippen LogP contribution in [0.5, 0.6) is 0 Å². The van der Waals surface area contributed by atoms with Gasteiger partial charge in [0.05, 0.1) is 16.9 Å². The molecule has 0 aromatic heterocycles. The first kappa shape index (κ1) is 21.8. The quantitative estimate of drug-likeness (QED) is 0.704. The SMILES string of the molecule is O=C(Cc1cccc(C(F)(F)F)c1)N1CCCc2cc(S(=O)(=O)N3CCCC3)ccc21. The van der Waals surface area contributed by atoms with Crippen LogP contribution in [0.15, 0.2) is 47.4 Å². The van der Waals surface area contributed by atoms with E-state index < -0.39 is 21.8 Å². The molecule has 2 heterocycles. The van der Waals surface area contributed by atoms with E-state index in [9.17, 15) is 26.4 Å². The summed E-state index contributed by atoms with van der Waals surface area (Å²) >= 11 is 0. The molecule has 1 saturated heterocycles. The average molecular weight is 452 g/mol. The van der Waals surface area contributed by atoms with Crippen LogP contribution in [-0.4, -0.2) is 38.3 Å². The molecular weight excluding hydrogens is 429 g/mol. The molecule has 166 valence electrons. The van der Waals surface area contributed by atoms with Gasteiger partial charge in [-0.2, -0.15) is 17.5 Å². The number of carbonyl (C=O) groups is 1. The van der Waals surface area contributed by atoms with Gasteiger partial charge in [-0.05, 0) is 61.1 Å². The van der Waals surface area contributed by atoms with Crippen molar-refractivity contribution in [1.29, 1.82) is 0 Å². The number of amides is 1. The number of aryl methyl sites for hydroxylation is 1. The number of hydrogen-bond acceptors (Lipinski definition) is 3. The lowest BCUT2D eigenvalue weighted by molar-refractivity contribution is -0.137. The van der Waals surface area contributed by atoms with E-state index in [2.05, 4.69) is 0 Å². The Morgan fingerprint density at radius 3 is 2.42 bits per heavy atom. The number of rotatable bonds is 4. The Morgan fingerprint density at radius 2 is 1.71 bits per heavy atom. The van der Waals surface area contributed by atoms with Gasteiger partial charge >= 0.3 is 6.18 Å². The number of nitrogens with zero attached hydrogens (tertiary/aromatic N) is 2. The summed E-state index contributed by atoms with van der Waals surface area (Å²) in [4.78, 5) is 14.7. The van der Waals surface area contributed by atoms with Gasteiger partial charge in [-0.15, -0.1) is 0 Å². The maximum Gasteiger partial charge on any atom is 0.416 e. The zero-order chi connectivity index (χ0) is 22.2. The lowest BCUT2D eigenvalue weighted by Gasteiger charge is -2.30. The third kappa shape index (κ3) is 4.48. The second-order valence-corrected chi connectivity index (χ2v) is 9.86. The van der Waals surface area contributed by atoms with Gasteiger partial charge in [-0.1, -0.05) is 18.2 Å². The molecule has 1 amide bonds. The van der Waals surface area contributed by atoms with Crippen molar-refractivity contribution in [1.82, 2.24) is 4.31 Å². The second-order valence-electron chi connectivity index (χ2n) is 7.93. The van der Waals surface area contributed by atoms with Crippen LogP contribution in [0.4, 0.5) is 18.9 Å². The summed E-state index contributed by atoms with van der Waals surface area (Å²) in [6, 6.07) is 9.56. The summed E-state index contributed by atoms with van der Waals surface area (Å²) in [5.74, 6) is -0.310. The average Bonchev–Trinajstić information content (AvgIpc) is 3.28. The summed E-state index contributed by atoms with van der Waals surface area (Å²) in [6.07, 6.45) is -1.62. The van der Waals surface area contributed by atoms with Crippen LogP contribution in [0.2, 0.25) is 0 Å². The van der Waals surface area contributed by atoms with Crippen molar-refractivity contribution >= 4 is 21.6 Å². The summed E-state index contributed by atoms with van der Waals surface area (Å²) in [5.41, 5.74) is 0.904. The molecule has 0 aliphatic carbocycles. The number of carbonyl (C=O) groups excluding carboxylic acids is 1. The van der Waals surface area contributed by atoms with Crippen LogP contribution in [-0.2, 0) is 33.8 Å². The number of halogens is 3. The monoisotopic (exact) mass is 452 g/mol. The van der Waals surface area contributed by atoms with Crippen molar-refractivity contribution in [3.63, 3.8) is 0 Å². The van der Waals surface area contributed by atoms with E-state index in [0.29, 0.717) is 43.7 Å². The fourth-order valence-corrected chi connectivity index (χ4v) is 5.77. The van der Waals surface area contributed by atoms with E-state index in [1.807, 2.05) is 0 Å². The molecule has 9 heteroatoms. The second kappa shape index (κ2) is 8.27. The van der Waals surface area contributed by atoms with Crippen molar-refractivity contribution in [3.05, 3.63) is 59.2 Å². The summed E-state index contributed by atoms with van der Waals surface area (Å²) in [6.45, 7) is 1.48. The van der Waals surface area contributed by atoms with E-state index in [-0.39, 0.29) is 17.2 Å². The molecule has 5 nitrogen and oxygen atoms in total. The number of benzene rings is 2. The molecule has 0 atom stereocenters. The van der Waals surface area contributed by atoms with Gasteiger partial charge in [-0.3, -0.25) is 4.79 Å². The fraction of sp³-hybridized carbons (Fsp3) is 0.409. The Morgan fingerprint density at radius 1 is 0.968 bits per heavy atom. The standard InChI is InChI=1S/C22H23F3N2O3S/c23-22(24,25)18-7-3-5-16(13-18)14-21(28)27-12-4-6-17-15-19(8-9-20(17)27)31(29,30)26-10-1-2-11-26/h3,5,7-9,13,15H,1-2,4,6,10-12,14H2. The van der Waals surface area contributed by atoms with Crippen LogP contribution in [0, 0.1) is 0 Å². The van der Waals surface area contributed by atoms with Crippen LogP contribution in [0.25, 0.3) is 0 Å². The van der Waals surface area contributed by atoms with Crippen LogP contribution < -0.4 is 4.90 Å².